The van der Waals surface area contributed by atoms with Gasteiger partial charge in [0.1, 0.15) is 6.61 Å². The van der Waals surface area contributed by atoms with Gasteiger partial charge in [0.2, 0.25) is 0 Å². The first-order valence-corrected chi connectivity index (χ1v) is 10.1. The van der Waals surface area contributed by atoms with E-state index >= 15 is 0 Å². The highest BCUT2D eigenvalue weighted by atomic mass is 127. The van der Waals surface area contributed by atoms with E-state index in [1.54, 1.807) is 11.8 Å². The van der Waals surface area contributed by atoms with Crippen molar-refractivity contribution in [3.8, 4) is 11.5 Å². The van der Waals surface area contributed by atoms with E-state index in [4.69, 9.17) is 21.1 Å². The topological polar surface area (TPSA) is 30.8 Å². The Hall–Kier alpha value is -0.920. The molecule has 0 N–H and O–H groups in total. The summed E-state index contributed by atoms with van der Waals surface area (Å²) in [5.41, 5.74) is 2.13. The van der Waals surface area contributed by atoms with Crippen LogP contribution in [0, 0.1) is 3.57 Å². The van der Waals surface area contributed by atoms with E-state index in [1.807, 2.05) is 37.3 Å². The first-order valence-electron chi connectivity index (χ1n) is 7.68. The lowest BCUT2D eigenvalue weighted by Gasteiger charge is -2.15. The summed E-state index contributed by atoms with van der Waals surface area (Å²) in [5.74, 6) is 2.57. The van der Waals surface area contributed by atoms with Crippen LogP contribution in [0.25, 0.3) is 0 Å². The van der Waals surface area contributed by atoms with Gasteiger partial charge in [-0.3, -0.25) is 4.99 Å². The molecule has 0 aromatic heterocycles. The van der Waals surface area contributed by atoms with Crippen LogP contribution in [0.3, 0.4) is 0 Å². The molecule has 24 heavy (non-hydrogen) atoms. The van der Waals surface area contributed by atoms with E-state index < -0.39 is 0 Å². The smallest absolute Gasteiger partial charge is 0.175 e. The van der Waals surface area contributed by atoms with Crippen LogP contribution < -0.4 is 9.47 Å². The number of rotatable bonds is 6. The minimum atomic E-state index is 0.450. The van der Waals surface area contributed by atoms with E-state index in [2.05, 4.69) is 33.6 Å². The molecule has 0 radical (unpaired) electrons. The van der Waals surface area contributed by atoms with Crippen LogP contribution in [0.15, 0.2) is 41.4 Å². The molecule has 126 valence electrons. The van der Waals surface area contributed by atoms with Gasteiger partial charge in [0.05, 0.1) is 15.2 Å². The van der Waals surface area contributed by atoms with Gasteiger partial charge in [-0.15, -0.1) is 11.8 Å². The Morgan fingerprint density at radius 3 is 2.83 bits per heavy atom. The van der Waals surface area contributed by atoms with Crippen LogP contribution in [-0.4, -0.2) is 23.9 Å². The second-order valence-electron chi connectivity index (χ2n) is 5.17. The number of aliphatic imine (C=N–C) groups is 1. The third kappa shape index (κ3) is 4.37. The zero-order chi connectivity index (χ0) is 16.9. The largest absolute Gasteiger partial charge is 0.490 e. The molecule has 2 aromatic rings. The van der Waals surface area contributed by atoms with Gasteiger partial charge < -0.3 is 9.47 Å². The molecule has 2 aromatic carbocycles. The molecule has 6 heteroatoms. The lowest BCUT2D eigenvalue weighted by atomic mass is 10.2. The molecule has 0 spiro atoms. The molecule has 0 atom stereocenters. The number of halogens is 2. The monoisotopic (exact) mass is 473 g/mol. The average molecular weight is 474 g/mol. The molecule has 0 unspecified atom stereocenters. The summed E-state index contributed by atoms with van der Waals surface area (Å²) < 4.78 is 12.9. The van der Waals surface area contributed by atoms with Gasteiger partial charge in [-0.1, -0.05) is 23.7 Å². The van der Waals surface area contributed by atoms with Crippen molar-refractivity contribution < 1.29 is 9.47 Å². The van der Waals surface area contributed by atoms with Crippen molar-refractivity contribution in [2.75, 3.05) is 18.9 Å². The second kappa shape index (κ2) is 8.45. The van der Waals surface area contributed by atoms with Crippen molar-refractivity contribution in [2.45, 2.75) is 13.5 Å². The van der Waals surface area contributed by atoms with Crippen molar-refractivity contribution in [2.24, 2.45) is 4.99 Å². The van der Waals surface area contributed by atoms with Crippen LogP contribution in [0.5, 0.6) is 11.5 Å². The lowest BCUT2D eigenvalue weighted by Crippen LogP contribution is -2.04. The van der Waals surface area contributed by atoms with E-state index in [1.165, 1.54) is 0 Å². The molecule has 1 aliphatic rings. The fourth-order valence-electron chi connectivity index (χ4n) is 2.39. The maximum absolute atomic E-state index is 6.04. The van der Waals surface area contributed by atoms with Crippen LogP contribution in [0.2, 0.25) is 5.02 Å². The van der Waals surface area contributed by atoms with Gasteiger partial charge in [0.15, 0.2) is 11.5 Å². The molecular weight excluding hydrogens is 457 g/mol. The van der Waals surface area contributed by atoms with E-state index in [0.29, 0.717) is 18.2 Å². The molecule has 0 saturated heterocycles. The normalized spacial score (nSPS) is 13.7. The molecule has 1 heterocycles. The number of nitrogens with zero attached hydrogens (tertiary/aromatic N) is 1. The Balaban J connectivity index is 1.85. The number of thioether (sulfide) groups is 1. The second-order valence-corrected chi connectivity index (χ2v) is 7.85. The Bertz CT molecular complexity index is 767. The minimum absolute atomic E-state index is 0.450. The SMILES string of the molecule is CCOc1cc(C2=NCCS2)cc(I)c1OCc1cccc(Cl)c1. The van der Waals surface area contributed by atoms with Crippen molar-refractivity contribution >= 4 is 51.0 Å². The standard InChI is InChI=1S/C18H17ClINO2S/c1-2-22-16-10-13(18-21-6-7-24-18)9-15(20)17(16)23-11-12-4-3-5-14(19)8-12/h3-5,8-10H,2,6-7,11H2,1H3. The quantitative estimate of drug-likeness (QED) is 0.525. The number of hydrogen-bond acceptors (Lipinski definition) is 4. The predicted octanol–water partition coefficient (Wildman–Crippen LogP) is 5.42. The fraction of sp³-hybridized carbons (Fsp3) is 0.278. The summed E-state index contributed by atoms with van der Waals surface area (Å²) in [4.78, 5) is 4.55. The van der Waals surface area contributed by atoms with Gasteiger partial charge >= 0.3 is 0 Å². The first kappa shape index (κ1) is 17.9. The van der Waals surface area contributed by atoms with Gasteiger partial charge in [0.25, 0.3) is 0 Å². The van der Waals surface area contributed by atoms with Crippen LogP contribution in [0.1, 0.15) is 18.1 Å². The molecule has 1 aliphatic heterocycles. The molecule has 0 amide bonds. The molecule has 3 rings (SSSR count). The highest BCUT2D eigenvalue weighted by Crippen LogP contribution is 2.36. The van der Waals surface area contributed by atoms with E-state index in [-0.39, 0.29) is 0 Å². The summed E-state index contributed by atoms with van der Waals surface area (Å²) in [6.07, 6.45) is 0. The van der Waals surface area contributed by atoms with Crippen LogP contribution in [0.4, 0.5) is 0 Å². The Morgan fingerprint density at radius 1 is 1.25 bits per heavy atom. The summed E-state index contributed by atoms with van der Waals surface area (Å²) in [6.45, 7) is 3.90. The third-order valence-corrected chi connectivity index (χ3v) is 5.48. The first-order chi connectivity index (χ1) is 11.7. The Labute approximate surface area is 164 Å². The number of hydrogen-bond donors (Lipinski definition) is 0. The van der Waals surface area contributed by atoms with Crippen LogP contribution >= 0.6 is 46.0 Å². The molecule has 0 bridgehead atoms. The van der Waals surface area contributed by atoms with Gasteiger partial charge in [-0.05, 0) is 59.3 Å². The van der Waals surface area contributed by atoms with Gasteiger partial charge in [-0.2, -0.15) is 0 Å². The Kier molecular flexibility index (Phi) is 6.30. The van der Waals surface area contributed by atoms with Crippen molar-refractivity contribution in [3.05, 3.63) is 56.1 Å². The van der Waals surface area contributed by atoms with Crippen LogP contribution in [-0.2, 0) is 6.61 Å². The van der Waals surface area contributed by atoms with Gasteiger partial charge in [-0.25, -0.2) is 0 Å². The molecule has 3 nitrogen and oxygen atoms in total. The number of benzene rings is 2. The van der Waals surface area contributed by atoms with Gasteiger partial charge in [0, 0.05) is 22.9 Å². The lowest BCUT2D eigenvalue weighted by molar-refractivity contribution is 0.267. The van der Waals surface area contributed by atoms with E-state index in [0.717, 1.165) is 43.5 Å². The maximum atomic E-state index is 6.04. The summed E-state index contributed by atoms with van der Waals surface area (Å²) in [7, 11) is 0. The Morgan fingerprint density at radius 2 is 2.12 bits per heavy atom. The molecular formula is C18H17ClINO2S. The van der Waals surface area contributed by atoms with Crippen molar-refractivity contribution in [3.63, 3.8) is 0 Å². The summed E-state index contributed by atoms with van der Waals surface area (Å²) in [6, 6.07) is 11.8. The summed E-state index contributed by atoms with van der Waals surface area (Å²) >= 11 is 10.1. The van der Waals surface area contributed by atoms with Crippen molar-refractivity contribution in [1.82, 2.24) is 0 Å². The zero-order valence-corrected chi connectivity index (χ0v) is 17.0. The van der Waals surface area contributed by atoms with E-state index in [9.17, 15) is 0 Å². The van der Waals surface area contributed by atoms with Crippen molar-refractivity contribution in [1.29, 1.82) is 0 Å². The number of ether oxygens (including phenoxy) is 2. The highest BCUT2D eigenvalue weighted by Gasteiger charge is 2.17. The third-order valence-electron chi connectivity index (χ3n) is 3.41. The molecule has 0 saturated carbocycles. The highest BCUT2D eigenvalue weighted by molar-refractivity contribution is 14.1. The molecule has 0 fully saturated rings. The summed E-state index contributed by atoms with van der Waals surface area (Å²) in [5, 5.41) is 1.79. The minimum Gasteiger partial charge on any atom is -0.490 e. The fourth-order valence-corrected chi connectivity index (χ4v) is 4.20. The average Bonchev–Trinajstić information content (AvgIpc) is 3.09. The zero-order valence-electron chi connectivity index (χ0n) is 13.2. The molecule has 0 aliphatic carbocycles. The predicted molar refractivity (Wildman–Crippen MR) is 110 cm³/mol. The maximum Gasteiger partial charge on any atom is 0.175 e.